The first-order valence-electron chi connectivity index (χ1n) is 6.07. The van der Waals surface area contributed by atoms with E-state index in [1.165, 1.54) is 10.9 Å². The molecule has 18 heavy (non-hydrogen) atoms. The van der Waals surface area contributed by atoms with E-state index in [9.17, 15) is 0 Å². The predicted octanol–water partition coefficient (Wildman–Crippen LogP) is 3.10. The fourth-order valence-corrected chi connectivity index (χ4v) is 2.17. The third kappa shape index (κ3) is 1.99. The highest BCUT2D eigenvalue weighted by molar-refractivity contribution is 5.79. The van der Waals surface area contributed by atoms with Gasteiger partial charge in [-0.15, -0.1) is 0 Å². The van der Waals surface area contributed by atoms with Crippen LogP contribution in [0.15, 0.2) is 42.6 Å². The van der Waals surface area contributed by atoms with E-state index in [-0.39, 0.29) is 0 Å². The van der Waals surface area contributed by atoms with Crippen LogP contribution in [0.2, 0.25) is 0 Å². The van der Waals surface area contributed by atoms with Gasteiger partial charge in [0.25, 0.3) is 0 Å². The molecule has 0 spiro atoms. The van der Waals surface area contributed by atoms with Gasteiger partial charge in [0.15, 0.2) is 0 Å². The number of benzene rings is 1. The molecule has 0 aliphatic heterocycles. The second-order valence-corrected chi connectivity index (χ2v) is 4.63. The minimum absolute atomic E-state index is 0.717. The number of aryl methyl sites for hydroxylation is 2. The van der Waals surface area contributed by atoms with Gasteiger partial charge in [0.1, 0.15) is 0 Å². The van der Waals surface area contributed by atoms with E-state index in [2.05, 4.69) is 35.2 Å². The first-order valence-corrected chi connectivity index (χ1v) is 6.07. The van der Waals surface area contributed by atoms with Crippen molar-refractivity contribution in [2.75, 3.05) is 0 Å². The summed E-state index contributed by atoms with van der Waals surface area (Å²) in [6.07, 6.45) is 1.91. The molecule has 3 rings (SSSR count). The van der Waals surface area contributed by atoms with Crippen LogP contribution in [0.4, 0.5) is 0 Å². The lowest BCUT2D eigenvalue weighted by Crippen LogP contribution is -2.03. The van der Waals surface area contributed by atoms with E-state index in [1.807, 2.05) is 36.0 Å². The summed E-state index contributed by atoms with van der Waals surface area (Å²) in [6.45, 7) is 4.82. The van der Waals surface area contributed by atoms with Crippen molar-refractivity contribution in [3.63, 3.8) is 0 Å². The van der Waals surface area contributed by atoms with Crippen LogP contribution in [0.25, 0.3) is 10.9 Å². The van der Waals surface area contributed by atoms with Crippen molar-refractivity contribution in [3.05, 3.63) is 59.5 Å². The molecule has 1 aromatic carbocycles. The van der Waals surface area contributed by atoms with Crippen molar-refractivity contribution < 1.29 is 0 Å². The highest BCUT2D eigenvalue weighted by atomic mass is 15.3. The fourth-order valence-electron chi connectivity index (χ4n) is 2.17. The number of aromatic nitrogens is 3. The van der Waals surface area contributed by atoms with Gasteiger partial charge in [-0.25, -0.2) is 0 Å². The summed E-state index contributed by atoms with van der Waals surface area (Å²) in [5.41, 5.74) is 4.50. The molecule has 2 heterocycles. The third-order valence-electron chi connectivity index (χ3n) is 3.06. The molecule has 0 unspecified atom stereocenters. The normalized spacial score (nSPS) is 11.0. The van der Waals surface area contributed by atoms with Gasteiger partial charge in [-0.05, 0) is 38.1 Å². The predicted molar refractivity (Wildman–Crippen MR) is 72.5 cm³/mol. The fraction of sp³-hybridized carbons (Fsp3) is 0.200. The van der Waals surface area contributed by atoms with Crippen LogP contribution in [-0.2, 0) is 6.54 Å². The van der Waals surface area contributed by atoms with E-state index in [0.717, 1.165) is 16.9 Å². The molecular formula is C15H15N3. The van der Waals surface area contributed by atoms with Crippen molar-refractivity contribution in [2.45, 2.75) is 20.4 Å². The lowest BCUT2D eigenvalue weighted by molar-refractivity contribution is 0.694. The number of pyridine rings is 1. The number of fused-ring (bicyclic) bond motifs is 1. The first kappa shape index (κ1) is 11.0. The van der Waals surface area contributed by atoms with E-state index in [1.54, 1.807) is 0 Å². The van der Waals surface area contributed by atoms with Gasteiger partial charge in [-0.1, -0.05) is 17.7 Å². The quantitative estimate of drug-likeness (QED) is 0.685. The van der Waals surface area contributed by atoms with Gasteiger partial charge in [0.2, 0.25) is 0 Å². The lowest BCUT2D eigenvalue weighted by Gasteiger charge is -2.04. The van der Waals surface area contributed by atoms with E-state index in [0.29, 0.717) is 6.54 Å². The van der Waals surface area contributed by atoms with Crippen LogP contribution < -0.4 is 0 Å². The van der Waals surface area contributed by atoms with Crippen molar-refractivity contribution in [3.8, 4) is 0 Å². The Morgan fingerprint density at radius 2 is 2.00 bits per heavy atom. The maximum atomic E-state index is 4.51. The molecule has 90 valence electrons. The highest BCUT2D eigenvalue weighted by Gasteiger charge is 2.04. The summed E-state index contributed by atoms with van der Waals surface area (Å²) in [5, 5.41) is 5.62. The zero-order chi connectivity index (χ0) is 12.5. The monoisotopic (exact) mass is 237 g/mol. The van der Waals surface area contributed by atoms with Gasteiger partial charge in [0.05, 0.1) is 24.0 Å². The number of nitrogens with zero attached hydrogens (tertiary/aromatic N) is 3. The Morgan fingerprint density at radius 1 is 1.11 bits per heavy atom. The molecule has 0 saturated heterocycles. The highest BCUT2D eigenvalue weighted by Crippen LogP contribution is 2.16. The Bertz CT molecular complexity index is 698. The van der Waals surface area contributed by atoms with E-state index >= 15 is 0 Å². The standard InChI is InChI=1S/C15H15N3/c1-11-6-7-15-13(8-11)9-16-18(15)10-14-5-3-4-12(2)17-14/h3-9H,10H2,1-2H3. The van der Waals surface area contributed by atoms with Crippen molar-refractivity contribution in [1.82, 2.24) is 14.8 Å². The van der Waals surface area contributed by atoms with Gasteiger partial charge >= 0.3 is 0 Å². The lowest BCUT2D eigenvalue weighted by atomic mass is 10.2. The van der Waals surface area contributed by atoms with Crippen molar-refractivity contribution in [2.24, 2.45) is 0 Å². The third-order valence-corrected chi connectivity index (χ3v) is 3.06. The topological polar surface area (TPSA) is 30.7 Å². The molecule has 3 nitrogen and oxygen atoms in total. The van der Waals surface area contributed by atoms with Crippen LogP contribution in [0.1, 0.15) is 17.0 Å². The second kappa shape index (κ2) is 4.26. The summed E-state index contributed by atoms with van der Waals surface area (Å²) in [5.74, 6) is 0. The molecule has 0 aliphatic rings. The first-order chi connectivity index (χ1) is 8.72. The molecule has 2 aromatic heterocycles. The molecule has 0 saturated carbocycles. The maximum absolute atomic E-state index is 4.51. The zero-order valence-electron chi connectivity index (χ0n) is 10.6. The minimum atomic E-state index is 0.717. The summed E-state index contributed by atoms with van der Waals surface area (Å²) in [4.78, 5) is 4.51. The molecule has 0 fully saturated rings. The van der Waals surface area contributed by atoms with Gasteiger partial charge in [-0.2, -0.15) is 5.10 Å². The van der Waals surface area contributed by atoms with Crippen LogP contribution in [0.5, 0.6) is 0 Å². The second-order valence-electron chi connectivity index (χ2n) is 4.63. The van der Waals surface area contributed by atoms with Gasteiger partial charge < -0.3 is 0 Å². The molecule has 0 amide bonds. The Labute approximate surface area is 106 Å². The van der Waals surface area contributed by atoms with Crippen LogP contribution in [0.3, 0.4) is 0 Å². The Hall–Kier alpha value is -2.16. The molecule has 0 N–H and O–H groups in total. The molecule has 0 atom stereocenters. The minimum Gasteiger partial charge on any atom is -0.259 e. The number of hydrogen-bond donors (Lipinski definition) is 0. The van der Waals surface area contributed by atoms with E-state index < -0.39 is 0 Å². The van der Waals surface area contributed by atoms with Crippen LogP contribution >= 0.6 is 0 Å². The average Bonchev–Trinajstić information content (AvgIpc) is 2.72. The van der Waals surface area contributed by atoms with Crippen LogP contribution in [0, 0.1) is 13.8 Å². The molecule has 0 bridgehead atoms. The SMILES string of the molecule is Cc1ccc2c(cnn2Cc2cccc(C)n2)c1. The van der Waals surface area contributed by atoms with Crippen LogP contribution in [-0.4, -0.2) is 14.8 Å². The Balaban J connectivity index is 2.00. The van der Waals surface area contributed by atoms with E-state index in [4.69, 9.17) is 0 Å². The van der Waals surface area contributed by atoms with Crippen molar-refractivity contribution in [1.29, 1.82) is 0 Å². The molecular weight excluding hydrogens is 222 g/mol. The number of rotatable bonds is 2. The molecule has 3 aromatic rings. The Kier molecular flexibility index (Phi) is 2.59. The van der Waals surface area contributed by atoms with Gasteiger partial charge in [0, 0.05) is 11.1 Å². The largest absolute Gasteiger partial charge is 0.259 e. The number of hydrogen-bond acceptors (Lipinski definition) is 2. The smallest absolute Gasteiger partial charge is 0.0838 e. The van der Waals surface area contributed by atoms with Crippen molar-refractivity contribution >= 4 is 10.9 Å². The average molecular weight is 237 g/mol. The zero-order valence-corrected chi connectivity index (χ0v) is 10.6. The maximum Gasteiger partial charge on any atom is 0.0838 e. The summed E-state index contributed by atoms with van der Waals surface area (Å²) < 4.78 is 2.00. The molecule has 0 aliphatic carbocycles. The summed E-state index contributed by atoms with van der Waals surface area (Å²) >= 11 is 0. The summed E-state index contributed by atoms with van der Waals surface area (Å²) in [6, 6.07) is 12.5. The van der Waals surface area contributed by atoms with Gasteiger partial charge in [-0.3, -0.25) is 9.67 Å². The summed E-state index contributed by atoms with van der Waals surface area (Å²) in [7, 11) is 0. The molecule has 0 radical (unpaired) electrons. The molecule has 3 heteroatoms. The Morgan fingerprint density at radius 3 is 2.83 bits per heavy atom.